The Hall–Kier alpha value is -1.55. The van der Waals surface area contributed by atoms with E-state index in [0.29, 0.717) is 18.8 Å². The number of carbonyl (C=O) groups is 1. The summed E-state index contributed by atoms with van der Waals surface area (Å²) in [5.41, 5.74) is 0.830. The maximum absolute atomic E-state index is 12.1. The summed E-state index contributed by atoms with van der Waals surface area (Å²) in [6.07, 6.45) is 3.86. The van der Waals surface area contributed by atoms with Crippen LogP contribution >= 0.6 is 0 Å². The molecule has 1 aliphatic heterocycles. The van der Waals surface area contributed by atoms with Crippen LogP contribution in [0.25, 0.3) is 0 Å². The fraction of sp³-hybridized carbons (Fsp3) is 0.562. The van der Waals surface area contributed by atoms with Gasteiger partial charge in [0.05, 0.1) is 0 Å². The van der Waals surface area contributed by atoms with Gasteiger partial charge in [-0.05, 0) is 43.2 Å². The molecule has 1 aromatic rings. The van der Waals surface area contributed by atoms with E-state index in [1.54, 1.807) is 12.1 Å². The zero-order valence-electron chi connectivity index (χ0n) is 11.8. The molecule has 0 aromatic heterocycles. The highest BCUT2D eigenvalue weighted by molar-refractivity contribution is 5.76. The average molecular weight is 277 g/mol. The topological polar surface area (TPSA) is 60.8 Å². The molecular formula is C16H23NO3. The number of aliphatic hydroxyl groups is 1. The van der Waals surface area contributed by atoms with E-state index in [0.717, 1.165) is 37.9 Å². The van der Waals surface area contributed by atoms with Gasteiger partial charge in [-0.3, -0.25) is 4.79 Å². The molecule has 0 radical (unpaired) electrons. The van der Waals surface area contributed by atoms with E-state index in [9.17, 15) is 9.90 Å². The molecule has 0 aliphatic carbocycles. The monoisotopic (exact) mass is 277 g/mol. The van der Waals surface area contributed by atoms with Crippen LogP contribution in [0.1, 0.15) is 31.2 Å². The van der Waals surface area contributed by atoms with Gasteiger partial charge >= 0.3 is 0 Å². The molecule has 4 heteroatoms. The molecule has 20 heavy (non-hydrogen) atoms. The molecule has 2 rings (SSSR count). The molecule has 0 unspecified atom stereocenters. The minimum absolute atomic E-state index is 0.163. The van der Waals surface area contributed by atoms with Crippen molar-refractivity contribution < 1.29 is 15.0 Å². The van der Waals surface area contributed by atoms with Crippen molar-refractivity contribution in [3.05, 3.63) is 29.8 Å². The second kappa shape index (κ2) is 7.29. The fourth-order valence-electron chi connectivity index (χ4n) is 2.78. The molecule has 1 fully saturated rings. The van der Waals surface area contributed by atoms with Gasteiger partial charge in [-0.15, -0.1) is 0 Å². The first-order chi connectivity index (χ1) is 9.70. The summed E-state index contributed by atoms with van der Waals surface area (Å²) in [4.78, 5) is 14.1. The van der Waals surface area contributed by atoms with Crippen LogP contribution in [-0.4, -0.2) is 40.7 Å². The SMILES string of the molecule is O=C(CCc1ccccc1O)N1CCC(CCO)CC1. The Labute approximate surface area is 120 Å². The number of piperidine rings is 1. The van der Waals surface area contributed by atoms with Gasteiger partial charge in [0.25, 0.3) is 0 Å². The Balaban J connectivity index is 1.77. The summed E-state index contributed by atoms with van der Waals surface area (Å²) in [5.74, 6) is 0.986. The number of likely N-dealkylation sites (tertiary alicyclic amines) is 1. The van der Waals surface area contributed by atoms with Gasteiger partial charge in [0, 0.05) is 26.1 Å². The van der Waals surface area contributed by atoms with Crippen molar-refractivity contribution in [2.45, 2.75) is 32.1 Å². The van der Waals surface area contributed by atoms with Crippen LogP contribution in [0.15, 0.2) is 24.3 Å². The van der Waals surface area contributed by atoms with Crippen LogP contribution < -0.4 is 0 Å². The predicted octanol–water partition coefficient (Wildman–Crippen LogP) is 1.95. The van der Waals surface area contributed by atoms with Crippen molar-refractivity contribution >= 4 is 5.91 Å². The molecule has 1 amide bonds. The van der Waals surface area contributed by atoms with Gasteiger partial charge in [-0.2, -0.15) is 0 Å². The lowest BCUT2D eigenvalue weighted by atomic mass is 9.93. The van der Waals surface area contributed by atoms with Gasteiger partial charge in [-0.25, -0.2) is 0 Å². The van der Waals surface area contributed by atoms with E-state index in [1.165, 1.54) is 0 Å². The first-order valence-corrected chi connectivity index (χ1v) is 7.36. The van der Waals surface area contributed by atoms with Crippen molar-refractivity contribution in [3.8, 4) is 5.75 Å². The third-order valence-corrected chi connectivity index (χ3v) is 4.10. The molecule has 1 heterocycles. The Morgan fingerprint density at radius 3 is 2.60 bits per heavy atom. The largest absolute Gasteiger partial charge is 0.508 e. The van der Waals surface area contributed by atoms with E-state index in [4.69, 9.17) is 5.11 Å². The first-order valence-electron chi connectivity index (χ1n) is 7.36. The molecule has 1 aliphatic rings. The molecule has 1 saturated heterocycles. The van der Waals surface area contributed by atoms with Crippen LogP contribution in [-0.2, 0) is 11.2 Å². The average Bonchev–Trinajstić information content (AvgIpc) is 2.47. The summed E-state index contributed by atoms with van der Waals surface area (Å²) in [7, 11) is 0. The number of nitrogens with zero attached hydrogens (tertiary/aromatic N) is 1. The van der Waals surface area contributed by atoms with Gasteiger partial charge in [0.1, 0.15) is 5.75 Å². The highest BCUT2D eigenvalue weighted by Gasteiger charge is 2.22. The van der Waals surface area contributed by atoms with E-state index >= 15 is 0 Å². The molecule has 0 atom stereocenters. The van der Waals surface area contributed by atoms with Gasteiger partial charge in [-0.1, -0.05) is 18.2 Å². The summed E-state index contributed by atoms with van der Waals surface area (Å²) in [6.45, 7) is 1.83. The summed E-state index contributed by atoms with van der Waals surface area (Å²) >= 11 is 0. The van der Waals surface area contributed by atoms with Crippen LogP contribution in [0.4, 0.5) is 0 Å². The third-order valence-electron chi connectivity index (χ3n) is 4.10. The van der Waals surface area contributed by atoms with Crippen molar-refractivity contribution in [2.75, 3.05) is 19.7 Å². The molecule has 0 saturated carbocycles. The molecule has 1 aromatic carbocycles. The lowest BCUT2D eigenvalue weighted by Gasteiger charge is -2.31. The number of hydrogen-bond donors (Lipinski definition) is 2. The van der Waals surface area contributed by atoms with Gasteiger partial charge < -0.3 is 15.1 Å². The second-order valence-corrected chi connectivity index (χ2v) is 5.47. The number of phenols is 1. The predicted molar refractivity (Wildman–Crippen MR) is 77.4 cm³/mol. The Bertz CT molecular complexity index is 439. The highest BCUT2D eigenvalue weighted by atomic mass is 16.3. The minimum Gasteiger partial charge on any atom is -0.508 e. The number of aryl methyl sites for hydroxylation is 1. The molecule has 110 valence electrons. The minimum atomic E-state index is 0.163. The number of amides is 1. The Morgan fingerprint density at radius 1 is 1.25 bits per heavy atom. The zero-order valence-corrected chi connectivity index (χ0v) is 11.8. The number of phenolic OH excluding ortho intramolecular Hbond substituents is 1. The number of carbonyl (C=O) groups excluding carboxylic acids is 1. The maximum atomic E-state index is 12.1. The van der Waals surface area contributed by atoms with Crippen LogP contribution in [0.5, 0.6) is 5.75 Å². The number of aliphatic hydroxyl groups excluding tert-OH is 1. The number of rotatable bonds is 5. The number of aromatic hydroxyl groups is 1. The molecule has 0 spiro atoms. The second-order valence-electron chi connectivity index (χ2n) is 5.47. The Kier molecular flexibility index (Phi) is 5.41. The van der Waals surface area contributed by atoms with E-state index in [-0.39, 0.29) is 18.3 Å². The smallest absolute Gasteiger partial charge is 0.222 e. The zero-order chi connectivity index (χ0) is 14.4. The number of para-hydroxylation sites is 1. The molecular weight excluding hydrogens is 254 g/mol. The van der Waals surface area contributed by atoms with Gasteiger partial charge in [0.2, 0.25) is 5.91 Å². The first kappa shape index (κ1) is 14.9. The normalized spacial score (nSPS) is 16.4. The van der Waals surface area contributed by atoms with E-state index in [1.807, 2.05) is 17.0 Å². The van der Waals surface area contributed by atoms with Crippen molar-refractivity contribution in [1.29, 1.82) is 0 Å². The number of benzene rings is 1. The van der Waals surface area contributed by atoms with Crippen LogP contribution in [0.3, 0.4) is 0 Å². The van der Waals surface area contributed by atoms with E-state index in [2.05, 4.69) is 0 Å². The quantitative estimate of drug-likeness (QED) is 0.864. The summed E-state index contributed by atoms with van der Waals surface area (Å²) in [6, 6.07) is 7.17. The van der Waals surface area contributed by atoms with Crippen molar-refractivity contribution in [3.63, 3.8) is 0 Å². The lowest BCUT2D eigenvalue weighted by molar-refractivity contribution is -0.132. The lowest BCUT2D eigenvalue weighted by Crippen LogP contribution is -2.38. The number of hydrogen-bond acceptors (Lipinski definition) is 3. The van der Waals surface area contributed by atoms with Crippen LogP contribution in [0.2, 0.25) is 0 Å². The van der Waals surface area contributed by atoms with Crippen molar-refractivity contribution in [2.24, 2.45) is 5.92 Å². The summed E-state index contributed by atoms with van der Waals surface area (Å²) in [5, 5.41) is 18.6. The third kappa shape index (κ3) is 3.97. The van der Waals surface area contributed by atoms with Crippen molar-refractivity contribution in [1.82, 2.24) is 4.90 Å². The molecule has 4 nitrogen and oxygen atoms in total. The fourth-order valence-corrected chi connectivity index (χ4v) is 2.78. The highest BCUT2D eigenvalue weighted by Crippen LogP contribution is 2.22. The van der Waals surface area contributed by atoms with Crippen LogP contribution in [0, 0.1) is 5.92 Å². The maximum Gasteiger partial charge on any atom is 0.222 e. The Morgan fingerprint density at radius 2 is 1.95 bits per heavy atom. The van der Waals surface area contributed by atoms with Gasteiger partial charge in [0.15, 0.2) is 0 Å². The summed E-state index contributed by atoms with van der Waals surface area (Å²) < 4.78 is 0. The standard InChI is InChI=1S/C16H23NO3/c18-12-9-13-7-10-17(11-8-13)16(20)6-5-14-3-1-2-4-15(14)19/h1-4,13,18-19H,5-12H2. The molecule has 0 bridgehead atoms. The molecule has 2 N–H and O–H groups in total. The van der Waals surface area contributed by atoms with E-state index < -0.39 is 0 Å².